The van der Waals surface area contributed by atoms with Crippen molar-refractivity contribution in [2.24, 2.45) is 0 Å². The third kappa shape index (κ3) is 5.08. The molecule has 2 aromatic carbocycles. The molecule has 4 nitrogen and oxygen atoms in total. The number of benzene rings is 2. The van der Waals surface area contributed by atoms with Crippen LogP contribution in [0.5, 0.6) is 0 Å². The van der Waals surface area contributed by atoms with E-state index in [9.17, 15) is 36.2 Å². The van der Waals surface area contributed by atoms with Gasteiger partial charge < -0.3 is 10.4 Å². The molecule has 168 valence electrons. The van der Waals surface area contributed by atoms with Gasteiger partial charge >= 0.3 is 6.18 Å². The van der Waals surface area contributed by atoms with Gasteiger partial charge in [-0.05, 0) is 54.4 Å². The smallest absolute Gasteiger partial charge is 0.379 e. The van der Waals surface area contributed by atoms with E-state index in [0.717, 1.165) is 36.5 Å². The fraction of sp³-hybridized carbons (Fsp3) is 0.182. The maximum absolute atomic E-state index is 14.2. The monoisotopic (exact) mass is 454 g/mol. The highest BCUT2D eigenvalue weighted by molar-refractivity contribution is 5.96. The molecule has 0 radical (unpaired) electrons. The minimum absolute atomic E-state index is 0.0876. The average molecular weight is 454 g/mol. The summed E-state index contributed by atoms with van der Waals surface area (Å²) in [6.07, 6.45) is -5.77. The number of aromatic nitrogens is 1. The summed E-state index contributed by atoms with van der Waals surface area (Å²) < 4.78 is 80.7. The number of alkyl halides is 3. The Bertz CT molecular complexity index is 1150. The standard InChI is InChI=1S/C22H16F6N2O2/c1-11(16-4-5-29-10-19(16)25)30-21(32)14-7-12(17-3-2-15(23)9-18(17)24)6-13(8-14)20(31)22(26,27)28/h2-11,20,31H,1H3,(H,30,32)/t11-,20?/m1/s1. The predicted octanol–water partition coefficient (Wildman–Crippen LogP) is 5.25. The molecule has 32 heavy (non-hydrogen) atoms. The molecular weight excluding hydrogens is 438 g/mol. The number of pyridine rings is 1. The Morgan fingerprint density at radius 3 is 2.38 bits per heavy atom. The van der Waals surface area contributed by atoms with Crippen LogP contribution in [0.4, 0.5) is 26.3 Å². The Kier molecular flexibility index (Phi) is 6.54. The van der Waals surface area contributed by atoms with Crippen molar-refractivity contribution in [2.75, 3.05) is 0 Å². The third-order valence-corrected chi connectivity index (χ3v) is 4.70. The van der Waals surface area contributed by atoms with Crippen LogP contribution >= 0.6 is 0 Å². The first kappa shape index (κ1) is 23.3. The summed E-state index contributed by atoms with van der Waals surface area (Å²) in [5.41, 5.74) is -1.43. The van der Waals surface area contributed by atoms with Crippen LogP contribution in [0.2, 0.25) is 0 Å². The first-order valence-corrected chi connectivity index (χ1v) is 9.23. The largest absolute Gasteiger partial charge is 0.418 e. The number of carbonyl (C=O) groups is 1. The lowest BCUT2D eigenvalue weighted by Crippen LogP contribution is -2.28. The summed E-state index contributed by atoms with van der Waals surface area (Å²) >= 11 is 0. The number of nitrogens with one attached hydrogen (secondary N) is 1. The van der Waals surface area contributed by atoms with Gasteiger partial charge in [-0.25, -0.2) is 13.2 Å². The molecule has 0 aliphatic heterocycles. The van der Waals surface area contributed by atoms with Crippen molar-refractivity contribution >= 4 is 5.91 Å². The quantitative estimate of drug-likeness (QED) is 0.518. The Morgan fingerprint density at radius 1 is 1.03 bits per heavy atom. The van der Waals surface area contributed by atoms with Gasteiger partial charge in [-0.15, -0.1) is 0 Å². The molecular formula is C22H16F6N2O2. The molecule has 0 spiro atoms. The van der Waals surface area contributed by atoms with Gasteiger partial charge in [0.25, 0.3) is 5.91 Å². The van der Waals surface area contributed by atoms with Gasteiger partial charge in [0.1, 0.15) is 17.5 Å². The molecule has 10 heteroatoms. The van der Waals surface area contributed by atoms with Crippen LogP contribution in [0, 0.1) is 17.5 Å². The second kappa shape index (κ2) is 8.99. The number of aliphatic hydroxyl groups excluding tert-OH is 1. The molecule has 0 aliphatic rings. The molecule has 0 saturated heterocycles. The number of rotatable bonds is 5. The van der Waals surface area contributed by atoms with Crippen LogP contribution in [0.15, 0.2) is 54.9 Å². The highest BCUT2D eigenvalue weighted by Gasteiger charge is 2.40. The van der Waals surface area contributed by atoms with Crippen molar-refractivity contribution < 1.29 is 36.2 Å². The minimum atomic E-state index is -5.05. The van der Waals surface area contributed by atoms with Crippen LogP contribution in [-0.2, 0) is 0 Å². The lowest BCUT2D eigenvalue weighted by Gasteiger charge is -2.19. The van der Waals surface area contributed by atoms with Crippen LogP contribution < -0.4 is 5.32 Å². The highest BCUT2D eigenvalue weighted by Crippen LogP contribution is 2.35. The van der Waals surface area contributed by atoms with E-state index < -0.39 is 47.2 Å². The van der Waals surface area contributed by atoms with Crippen molar-refractivity contribution in [3.63, 3.8) is 0 Å². The van der Waals surface area contributed by atoms with E-state index in [1.165, 1.54) is 19.2 Å². The van der Waals surface area contributed by atoms with E-state index in [4.69, 9.17) is 0 Å². The Balaban J connectivity index is 2.04. The predicted molar refractivity (Wildman–Crippen MR) is 103 cm³/mol. The van der Waals surface area contributed by atoms with E-state index >= 15 is 0 Å². The SMILES string of the molecule is C[C@@H](NC(=O)c1cc(-c2ccc(F)cc2F)cc(C(O)C(F)(F)F)c1)c1ccncc1F. The van der Waals surface area contributed by atoms with Gasteiger partial charge in [-0.3, -0.25) is 9.78 Å². The van der Waals surface area contributed by atoms with Crippen LogP contribution in [0.25, 0.3) is 11.1 Å². The first-order valence-electron chi connectivity index (χ1n) is 9.23. The number of hydrogen-bond acceptors (Lipinski definition) is 3. The lowest BCUT2D eigenvalue weighted by atomic mass is 9.96. The number of carbonyl (C=O) groups excluding carboxylic acids is 1. The second-order valence-electron chi connectivity index (χ2n) is 7.00. The van der Waals surface area contributed by atoms with E-state index in [1.807, 2.05) is 0 Å². The number of nitrogens with zero attached hydrogens (tertiary/aromatic N) is 1. The molecule has 1 unspecified atom stereocenters. The topological polar surface area (TPSA) is 62.2 Å². The fourth-order valence-corrected chi connectivity index (χ4v) is 3.10. The fourth-order valence-electron chi connectivity index (χ4n) is 3.10. The summed E-state index contributed by atoms with van der Waals surface area (Å²) in [7, 11) is 0. The molecule has 1 amide bonds. The third-order valence-electron chi connectivity index (χ3n) is 4.70. The zero-order valence-corrected chi connectivity index (χ0v) is 16.4. The maximum atomic E-state index is 14.2. The molecule has 0 bridgehead atoms. The van der Waals surface area contributed by atoms with Crippen molar-refractivity contribution in [3.05, 3.63) is 89.0 Å². The van der Waals surface area contributed by atoms with Crippen LogP contribution in [-0.4, -0.2) is 22.2 Å². The molecule has 2 N–H and O–H groups in total. The number of aliphatic hydroxyl groups is 1. The molecule has 2 atom stereocenters. The molecule has 1 heterocycles. The zero-order valence-electron chi connectivity index (χ0n) is 16.4. The van der Waals surface area contributed by atoms with Gasteiger partial charge in [0.2, 0.25) is 0 Å². The Labute approximate surface area is 178 Å². The molecule has 0 fully saturated rings. The molecule has 3 aromatic rings. The van der Waals surface area contributed by atoms with Gasteiger partial charge in [0.05, 0.1) is 12.2 Å². The molecule has 3 rings (SSSR count). The minimum Gasteiger partial charge on any atom is -0.379 e. The van der Waals surface area contributed by atoms with Crippen molar-refractivity contribution in [3.8, 4) is 11.1 Å². The van der Waals surface area contributed by atoms with Crippen molar-refractivity contribution in [1.82, 2.24) is 10.3 Å². The summed E-state index contributed by atoms with van der Waals surface area (Å²) in [5.74, 6) is -3.56. The van der Waals surface area contributed by atoms with Gasteiger partial charge in [-0.2, -0.15) is 13.2 Å². The average Bonchev–Trinajstić information content (AvgIpc) is 2.72. The van der Waals surface area contributed by atoms with Crippen LogP contribution in [0.3, 0.4) is 0 Å². The number of halogens is 6. The van der Waals surface area contributed by atoms with E-state index in [1.54, 1.807) is 0 Å². The summed E-state index contributed by atoms with van der Waals surface area (Å²) in [6.45, 7) is 1.45. The number of amides is 1. The van der Waals surface area contributed by atoms with E-state index in [0.29, 0.717) is 6.07 Å². The molecule has 1 aromatic heterocycles. The Hall–Kier alpha value is -3.40. The first-order chi connectivity index (χ1) is 15.0. The zero-order chi connectivity index (χ0) is 23.6. The maximum Gasteiger partial charge on any atom is 0.418 e. The van der Waals surface area contributed by atoms with Gasteiger partial charge in [-0.1, -0.05) is 0 Å². The second-order valence-corrected chi connectivity index (χ2v) is 7.00. The van der Waals surface area contributed by atoms with E-state index in [-0.39, 0.29) is 22.3 Å². The summed E-state index contributed by atoms with van der Waals surface area (Å²) in [6, 6.07) is 5.63. The van der Waals surface area contributed by atoms with Gasteiger partial charge in [0.15, 0.2) is 6.10 Å². The summed E-state index contributed by atoms with van der Waals surface area (Å²) in [4.78, 5) is 16.3. The van der Waals surface area contributed by atoms with Crippen LogP contribution in [0.1, 0.15) is 40.6 Å². The number of hydrogen-bond donors (Lipinski definition) is 2. The normalized spacial score (nSPS) is 13.5. The molecule has 0 aliphatic carbocycles. The van der Waals surface area contributed by atoms with Crippen molar-refractivity contribution in [2.45, 2.75) is 25.2 Å². The van der Waals surface area contributed by atoms with Crippen molar-refractivity contribution in [1.29, 1.82) is 0 Å². The van der Waals surface area contributed by atoms with Gasteiger partial charge in [0, 0.05) is 29.0 Å². The molecule has 0 saturated carbocycles. The summed E-state index contributed by atoms with van der Waals surface area (Å²) in [5, 5.41) is 12.1. The van der Waals surface area contributed by atoms with E-state index in [2.05, 4.69) is 10.3 Å². The highest BCUT2D eigenvalue weighted by atomic mass is 19.4. The Morgan fingerprint density at radius 2 is 1.75 bits per heavy atom. The lowest BCUT2D eigenvalue weighted by molar-refractivity contribution is -0.206.